The topological polar surface area (TPSA) is 102 Å². The second-order valence-corrected chi connectivity index (χ2v) is 7.47. The molecule has 7 nitrogen and oxygen atoms in total. The number of rotatable bonds is 5. The Morgan fingerprint density at radius 1 is 1.18 bits per heavy atom. The predicted octanol–water partition coefficient (Wildman–Crippen LogP) is 1.95. The number of nitrogens with zero attached hydrogens (tertiary/aromatic N) is 2. The van der Waals surface area contributed by atoms with Crippen molar-refractivity contribution in [1.82, 2.24) is 4.90 Å². The maximum atomic E-state index is 12.5. The zero-order valence-electron chi connectivity index (χ0n) is 15.3. The normalized spacial score (nSPS) is 17.8. The van der Waals surface area contributed by atoms with Crippen molar-refractivity contribution in [2.45, 2.75) is 18.6 Å². The molecule has 0 bridgehead atoms. The van der Waals surface area contributed by atoms with Crippen molar-refractivity contribution in [3.63, 3.8) is 0 Å². The SMILES string of the molecule is Cc1ccccc1N=C1S[C@H](CC(=O)Nc2ccc(C(=O)[O-])cc2)C(=O)N1C. The Kier molecular flexibility index (Phi) is 5.79. The summed E-state index contributed by atoms with van der Waals surface area (Å²) >= 11 is 1.26. The first kappa shape index (κ1) is 19.6. The van der Waals surface area contributed by atoms with Crippen LogP contribution in [0.3, 0.4) is 0 Å². The maximum absolute atomic E-state index is 12.5. The van der Waals surface area contributed by atoms with Gasteiger partial charge in [-0.15, -0.1) is 0 Å². The Balaban J connectivity index is 1.65. The summed E-state index contributed by atoms with van der Waals surface area (Å²) in [6, 6.07) is 13.3. The molecule has 0 radical (unpaired) electrons. The van der Waals surface area contributed by atoms with Gasteiger partial charge in [0.2, 0.25) is 11.8 Å². The van der Waals surface area contributed by atoms with E-state index in [4.69, 9.17) is 0 Å². The van der Waals surface area contributed by atoms with E-state index in [2.05, 4.69) is 10.3 Å². The van der Waals surface area contributed by atoms with Crippen molar-refractivity contribution in [1.29, 1.82) is 0 Å². The minimum absolute atomic E-state index is 0.0110. The third-order valence-corrected chi connectivity index (χ3v) is 5.48. The number of carbonyl (C=O) groups is 3. The van der Waals surface area contributed by atoms with E-state index >= 15 is 0 Å². The van der Waals surface area contributed by atoms with Crippen molar-refractivity contribution in [2.24, 2.45) is 4.99 Å². The second kappa shape index (κ2) is 8.26. The lowest BCUT2D eigenvalue weighted by Crippen LogP contribution is -2.30. The van der Waals surface area contributed by atoms with Crippen molar-refractivity contribution < 1.29 is 19.5 Å². The van der Waals surface area contributed by atoms with Crippen LogP contribution in [0.2, 0.25) is 0 Å². The number of aryl methyl sites for hydroxylation is 1. The van der Waals surface area contributed by atoms with Gasteiger partial charge < -0.3 is 15.2 Å². The van der Waals surface area contributed by atoms with E-state index in [1.165, 1.54) is 40.9 Å². The highest BCUT2D eigenvalue weighted by molar-refractivity contribution is 8.15. The molecule has 0 aliphatic carbocycles. The molecular formula is C20H18N3O4S-. The van der Waals surface area contributed by atoms with Gasteiger partial charge in [0.25, 0.3) is 0 Å². The quantitative estimate of drug-likeness (QED) is 0.832. The summed E-state index contributed by atoms with van der Waals surface area (Å²) in [6.45, 7) is 1.94. The van der Waals surface area contributed by atoms with Crippen LogP contribution in [0.25, 0.3) is 0 Å². The van der Waals surface area contributed by atoms with Gasteiger partial charge in [-0.1, -0.05) is 42.1 Å². The number of amidine groups is 1. The van der Waals surface area contributed by atoms with Gasteiger partial charge in [0.15, 0.2) is 5.17 Å². The summed E-state index contributed by atoms with van der Waals surface area (Å²) < 4.78 is 0. The molecule has 1 heterocycles. The molecule has 8 heteroatoms. The minimum atomic E-state index is -1.28. The fourth-order valence-corrected chi connectivity index (χ4v) is 3.81. The molecule has 2 aromatic carbocycles. The van der Waals surface area contributed by atoms with E-state index in [0.717, 1.165) is 11.3 Å². The van der Waals surface area contributed by atoms with Crippen molar-refractivity contribution >= 4 is 46.1 Å². The number of amides is 2. The fraction of sp³-hybridized carbons (Fsp3) is 0.200. The summed E-state index contributed by atoms with van der Waals surface area (Å²) in [5.41, 5.74) is 2.26. The molecule has 0 unspecified atom stereocenters. The molecule has 3 rings (SSSR count). The number of aromatic carboxylic acids is 1. The first-order valence-corrected chi connectivity index (χ1v) is 9.43. The molecule has 0 aromatic heterocycles. The van der Waals surface area contributed by atoms with E-state index in [0.29, 0.717) is 10.9 Å². The number of aliphatic imine (C=N–C) groups is 1. The van der Waals surface area contributed by atoms with Crippen LogP contribution >= 0.6 is 11.8 Å². The largest absolute Gasteiger partial charge is 0.545 e. The smallest absolute Gasteiger partial charge is 0.242 e. The van der Waals surface area contributed by atoms with Gasteiger partial charge in [-0.05, 0) is 36.2 Å². The Bertz CT molecular complexity index is 956. The van der Waals surface area contributed by atoms with Crippen LogP contribution in [0.15, 0.2) is 53.5 Å². The highest BCUT2D eigenvalue weighted by Crippen LogP contribution is 2.31. The average Bonchev–Trinajstić information content (AvgIpc) is 2.92. The monoisotopic (exact) mass is 396 g/mol. The van der Waals surface area contributed by atoms with Crippen LogP contribution in [0.4, 0.5) is 11.4 Å². The lowest BCUT2D eigenvalue weighted by Gasteiger charge is -2.10. The molecule has 1 aliphatic heterocycles. The molecule has 144 valence electrons. The van der Waals surface area contributed by atoms with Gasteiger partial charge in [0.05, 0.1) is 11.7 Å². The summed E-state index contributed by atoms with van der Waals surface area (Å²) in [5, 5.41) is 13.4. The van der Waals surface area contributed by atoms with Gasteiger partial charge in [-0.25, -0.2) is 4.99 Å². The van der Waals surface area contributed by atoms with Gasteiger partial charge in [0.1, 0.15) is 5.25 Å². The average molecular weight is 396 g/mol. The van der Waals surface area contributed by atoms with Gasteiger partial charge in [0, 0.05) is 19.2 Å². The van der Waals surface area contributed by atoms with Gasteiger partial charge in [-0.2, -0.15) is 0 Å². The highest BCUT2D eigenvalue weighted by Gasteiger charge is 2.37. The minimum Gasteiger partial charge on any atom is -0.545 e. The van der Waals surface area contributed by atoms with Crippen molar-refractivity contribution in [2.75, 3.05) is 12.4 Å². The van der Waals surface area contributed by atoms with Crippen LogP contribution in [0, 0.1) is 6.92 Å². The molecule has 1 atom stereocenters. The van der Waals surface area contributed by atoms with Crippen LogP contribution in [0.5, 0.6) is 0 Å². The third-order valence-electron chi connectivity index (χ3n) is 4.25. The number of thioether (sulfide) groups is 1. The van der Waals surface area contributed by atoms with E-state index in [1.807, 2.05) is 31.2 Å². The number of carboxylic acids is 1. The first-order valence-electron chi connectivity index (χ1n) is 8.55. The molecular weight excluding hydrogens is 378 g/mol. The predicted molar refractivity (Wildman–Crippen MR) is 106 cm³/mol. The number of hydrogen-bond donors (Lipinski definition) is 1. The number of hydrogen-bond acceptors (Lipinski definition) is 6. The Hall–Kier alpha value is -3.13. The Labute approximate surface area is 166 Å². The zero-order chi connectivity index (χ0) is 20.3. The second-order valence-electron chi connectivity index (χ2n) is 6.30. The molecule has 1 fully saturated rings. The summed E-state index contributed by atoms with van der Waals surface area (Å²) in [6.07, 6.45) is -0.0110. The number of para-hydroxylation sites is 1. The number of anilines is 1. The molecule has 28 heavy (non-hydrogen) atoms. The number of nitrogens with one attached hydrogen (secondary N) is 1. The maximum Gasteiger partial charge on any atom is 0.242 e. The first-order chi connectivity index (χ1) is 13.3. The zero-order valence-corrected chi connectivity index (χ0v) is 16.2. The van der Waals surface area contributed by atoms with Crippen LogP contribution in [-0.4, -0.2) is 40.1 Å². The van der Waals surface area contributed by atoms with E-state index in [1.54, 1.807) is 7.05 Å². The molecule has 2 aromatic rings. The van der Waals surface area contributed by atoms with Crippen molar-refractivity contribution in [3.05, 3.63) is 59.7 Å². The van der Waals surface area contributed by atoms with Crippen LogP contribution < -0.4 is 10.4 Å². The van der Waals surface area contributed by atoms with Gasteiger partial charge >= 0.3 is 0 Å². The Morgan fingerprint density at radius 2 is 1.86 bits per heavy atom. The van der Waals surface area contributed by atoms with E-state index < -0.39 is 11.2 Å². The molecule has 0 saturated carbocycles. The van der Waals surface area contributed by atoms with Crippen molar-refractivity contribution in [3.8, 4) is 0 Å². The number of carbonyl (C=O) groups excluding carboxylic acids is 3. The van der Waals surface area contributed by atoms with Gasteiger partial charge in [-0.3, -0.25) is 14.5 Å². The van der Waals surface area contributed by atoms with E-state index in [9.17, 15) is 19.5 Å². The van der Waals surface area contributed by atoms with E-state index in [-0.39, 0.29) is 23.8 Å². The summed E-state index contributed by atoms with van der Waals surface area (Å²) in [4.78, 5) is 41.5. The molecule has 0 spiro atoms. The van der Waals surface area contributed by atoms with Crippen LogP contribution in [0.1, 0.15) is 22.3 Å². The number of carboxylic acid groups (broad SMARTS) is 1. The fourth-order valence-electron chi connectivity index (χ4n) is 2.66. The molecule has 2 amide bonds. The molecule has 1 N–H and O–H groups in total. The summed E-state index contributed by atoms with van der Waals surface area (Å²) in [7, 11) is 1.64. The number of benzene rings is 2. The lowest BCUT2D eigenvalue weighted by molar-refractivity contribution is -0.255. The summed E-state index contributed by atoms with van der Waals surface area (Å²) in [5.74, 6) is -1.80. The molecule has 1 aliphatic rings. The molecule has 1 saturated heterocycles. The third kappa shape index (κ3) is 4.40. The van der Waals surface area contributed by atoms with Crippen LogP contribution in [-0.2, 0) is 9.59 Å². The standard InChI is InChI=1S/C20H19N3O4S/c1-12-5-3-4-6-15(12)22-20-23(2)18(25)16(28-20)11-17(24)21-14-9-7-13(8-10-14)19(26)27/h3-10,16H,11H2,1-2H3,(H,21,24)(H,26,27)/p-1/t16-/m1/s1. The lowest BCUT2D eigenvalue weighted by atomic mass is 10.2. The highest BCUT2D eigenvalue weighted by atomic mass is 32.2. The Morgan fingerprint density at radius 3 is 2.50 bits per heavy atom.